The second-order valence-electron chi connectivity index (χ2n) is 4.67. The molecule has 0 radical (unpaired) electrons. The fourth-order valence-electron chi connectivity index (χ4n) is 2.34. The van der Waals surface area contributed by atoms with Crippen molar-refractivity contribution in [3.8, 4) is 6.07 Å². The standard InChI is InChI=1S/C16H15FN2O3/c1-3-21-16(20)13-9(2)22-15(19)12(8-18)14(13)10-4-6-11(17)7-5-10/h4-7,14H,3,19H2,1-2H3/t14-/m0/s1. The van der Waals surface area contributed by atoms with Gasteiger partial charge in [0, 0.05) is 0 Å². The first-order chi connectivity index (χ1) is 10.5. The van der Waals surface area contributed by atoms with Crippen molar-refractivity contribution >= 4 is 5.97 Å². The minimum absolute atomic E-state index is 0.0672. The van der Waals surface area contributed by atoms with Crippen LogP contribution in [0, 0.1) is 17.1 Å². The van der Waals surface area contributed by atoms with E-state index in [1.54, 1.807) is 13.8 Å². The molecule has 1 aromatic carbocycles. The Morgan fingerprint density at radius 1 is 1.45 bits per heavy atom. The molecule has 6 heteroatoms. The molecule has 1 atom stereocenters. The molecule has 0 saturated carbocycles. The van der Waals surface area contributed by atoms with Gasteiger partial charge in [-0.1, -0.05) is 12.1 Å². The van der Waals surface area contributed by atoms with Crippen LogP contribution in [-0.2, 0) is 14.3 Å². The molecule has 2 rings (SSSR count). The van der Waals surface area contributed by atoms with E-state index in [1.165, 1.54) is 24.3 Å². The van der Waals surface area contributed by atoms with E-state index in [2.05, 4.69) is 0 Å². The molecule has 0 bridgehead atoms. The maximum absolute atomic E-state index is 13.1. The molecule has 0 spiro atoms. The predicted octanol–water partition coefficient (Wildman–Crippen LogP) is 2.47. The lowest BCUT2D eigenvalue weighted by molar-refractivity contribution is -0.139. The first-order valence-corrected chi connectivity index (χ1v) is 6.70. The average Bonchev–Trinajstić information content (AvgIpc) is 2.47. The second-order valence-corrected chi connectivity index (χ2v) is 4.67. The molecule has 1 aliphatic rings. The summed E-state index contributed by atoms with van der Waals surface area (Å²) in [5.74, 6) is -1.54. The smallest absolute Gasteiger partial charge is 0.338 e. The van der Waals surface area contributed by atoms with E-state index in [9.17, 15) is 14.4 Å². The summed E-state index contributed by atoms with van der Waals surface area (Å²) in [5.41, 5.74) is 6.60. The van der Waals surface area contributed by atoms with Gasteiger partial charge >= 0.3 is 5.97 Å². The minimum atomic E-state index is -0.738. The van der Waals surface area contributed by atoms with E-state index in [1.807, 2.05) is 6.07 Å². The van der Waals surface area contributed by atoms with Crippen LogP contribution in [0.5, 0.6) is 0 Å². The first-order valence-electron chi connectivity index (χ1n) is 6.70. The molecule has 2 N–H and O–H groups in total. The zero-order valence-corrected chi connectivity index (χ0v) is 12.2. The third-order valence-electron chi connectivity index (χ3n) is 3.30. The number of esters is 1. The third-order valence-corrected chi connectivity index (χ3v) is 3.30. The molecule has 1 heterocycles. The number of rotatable bonds is 3. The Balaban J connectivity index is 2.59. The number of carbonyl (C=O) groups excluding carboxylic acids is 1. The van der Waals surface area contributed by atoms with E-state index in [4.69, 9.17) is 15.2 Å². The topological polar surface area (TPSA) is 85.3 Å². The SMILES string of the molecule is CCOC(=O)C1=C(C)OC(N)=C(C#N)[C@@H]1c1ccc(F)cc1. The average molecular weight is 302 g/mol. The lowest BCUT2D eigenvalue weighted by atomic mass is 9.83. The molecule has 0 saturated heterocycles. The van der Waals surface area contributed by atoms with Crippen LogP contribution in [0.15, 0.2) is 47.1 Å². The normalized spacial score (nSPS) is 17.8. The summed E-state index contributed by atoms with van der Waals surface area (Å²) in [6.07, 6.45) is 0. The van der Waals surface area contributed by atoms with E-state index < -0.39 is 17.7 Å². The van der Waals surface area contributed by atoms with Crippen molar-refractivity contribution in [3.63, 3.8) is 0 Å². The summed E-state index contributed by atoms with van der Waals surface area (Å²) in [7, 11) is 0. The van der Waals surface area contributed by atoms with Gasteiger partial charge in [-0.25, -0.2) is 9.18 Å². The number of nitrogens with two attached hydrogens (primary N) is 1. The van der Waals surface area contributed by atoms with Gasteiger partial charge in [0.25, 0.3) is 0 Å². The highest BCUT2D eigenvalue weighted by molar-refractivity contribution is 5.92. The molecule has 1 aromatic rings. The largest absolute Gasteiger partial charge is 0.463 e. The van der Waals surface area contributed by atoms with Crippen LogP contribution >= 0.6 is 0 Å². The van der Waals surface area contributed by atoms with Crippen LogP contribution in [0.3, 0.4) is 0 Å². The number of hydrogen-bond donors (Lipinski definition) is 1. The predicted molar refractivity (Wildman–Crippen MR) is 76.4 cm³/mol. The van der Waals surface area contributed by atoms with Crippen molar-refractivity contribution in [1.29, 1.82) is 5.26 Å². The van der Waals surface area contributed by atoms with Gasteiger partial charge in [-0.15, -0.1) is 0 Å². The molecule has 0 fully saturated rings. The summed E-state index contributed by atoms with van der Waals surface area (Å²) in [6.45, 7) is 3.44. The fourth-order valence-corrected chi connectivity index (χ4v) is 2.34. The van der Waals surface area contributed by atoms with Crippen molar-refractivity contribution in [2.24, 2.45) is 5.73 Å². The number of benzene rings is 1. The van der Waals surface area contributed by atoms with Crippen molar-refractivity contribution in [2.45, 2.75) is 19.8 Å². The number of nitrogens with zero attached hydrogens (tertiary/aromatic N) is 1. The molecule has 5 nitrogen and oxygen atoms in total. The summed E-state index contributed by atoms with van der Waals surface area (Å²) in [4.78, 5) is 12.2. The highest BCUT2D eigenvalue weighted by Gasteiger charge is 2.36. The maximum Gasteiger partial charge on any atom is 0.338 e. The van der Waals surface area contributed by atoms with Gasteiger partial charge < -0.3 is 15.2 Å². The van der Waals surface area contributed by atoms with Gasteiger partial charge in [-0.3, -0.25) is 0 Å². The molecular weight excluding hydrogens is 287 g/mol. The van der Waals surface area contributed by atoms with Gasteiger partial charge in [-0.2, -0.15) is 5.26 Å². The van der Waals surface area contributed by atoms with Crippen LogP contribution in [-0.4, -0.2) is 12.6 Å². The molecule has 114 valence electrons. The second kappa shape index (κ2) is 6.31. The summed E-state index contributed by atoms with van der Waals surface area (Å²) < 4.78 is 23.4. The van der Waals surface area contributed by atoms with Crippen LogP contribution in [0.25, 0.3) is 0 Å². The van der Waals surface area contributed by atoms with E-state index in [0.717, 1.165) is 0 Å². The zero-order valence-electron chi connectivity index (χ0n) is 12.2. The van der Waals surface area contributed by atoms with Crippen molar-refractivity contribution in [3.05, 3.63) is 58.4 Å². The Labute approximate surface area is 127 Å². The zero-order chi connectivity index (χ0) is 16.3. The molecule has 22 heavy (non-hydrogen) atoms. The summed E-state index contributed by atoms with van der Waals surface area (Å²) in [5, 5.41) is 9.35. The van der Waals surface area contributed by atoms with Gasteiger partial charge in [0.15, 0.2) is 0 Å². The molecule has 0 amide bonds. The highest BCUT2D eigenvalue weighted by Crippen LogP contribution is 2.39. The Kier molecular flexibility index (Phi) is 4.47. The van der Waals surface area contributed by atoms with Crippen LogP contribution < -0.4 is 5.73 Å². The van der Waals surface area contributed by atoms with Crippen molar-refractivity contribution < 1.29 is 18.7 Å². The van der Waals surface area contributed by atoms with Gasteiger partial charge in [0.2, 0.25) is 5.88 Å². The molecule has 0 aromatic heterocycles. The molecule has 0 unspecified atom stereocenters. The molecule has 0 aliphatic carbocycles. The number of carbonyl (C=O) groups is 1. The number of halogens is 1. The van der Waals surface area contributed by atoms with E-state index >= 15 is 0 Å². The number of nitriles is 1. The van der Waals surface area contributed by atoms with Gasteiger partial charge in [-0.05, 0) is 31.5 Å². The summed E-state index contributed by atoms with van der Waals surface area (Å²) in [6, 6.07) is 7.48. The van der Waals surface area contributed by atoms with Crippen molar-refractivity contribution in [2.75, 3.05) is 6.61 Å². The lowest BCUT2D eigenvalue weighted by Crippen LogP contribution is -2.25. The van der Waals surface area contributed by atoms with Gasteiger partial charge in [0.1, 0.15) is 23.2 Å². The monoisotopic (exact) mass is 302 g/mol. The summed E-state index contributed by atoms with van der Waals surface area (Å²) >= 11 is 0. The third kappa shape index (κ3) is 2.79. The van der Waals surface area contributed by atoms with Crippen molar-refractivity contribution in [1.82, 2.24) is 0 Å². The lowest BCUT2D eigenvalue weighted by Gasteiger charge is -2.26. The fraction of sp³-hybridized carbons (Fsp3) is 0.250. The Bertz CT molecular complexity index is 699. The van der Waals surface area contributed by atoms with E-state index in [-0.39, 0.29) is 29.4 Å². The number of ether oxygens (including phenoxy) is 2. The highest BCUT2D eigenvalue weighted by atomic mass is 19.1. The first kappa shape index (κ1) is 15.6. The molecule has 1 aliphatic heterocycles. The van der Waals surface area contributed by atoms with Crippen LogP contribution in [0.2, 0.25) is 0 Å². The Hall–Kier alpha value is -2.81. The van der Waals surface area contributed by atoms with Gasteiger partial charge in [0.05, 0.1) is 18.1 Å². The van der Waals surface area contributed by atoms with Crippen LogP contribution in [0.1, 0.15) is 25.3 Å². The Morgan fingerprint density at radius 3 is 2.64 bits per heavy atom. The maximum atomic E-state index is 13.1. The van der Waals surface area contributed by atoms with E-state index in [0.29, 0.717) is 5.56 Å². The number of allylic oxidation sites excluding steroid dienone is 2. The molecular formula is C16H15FN2O3. The van der Waals surface area contributed by atoms with Crippen LogP contribution in [0.4, 0.5) is 4.39 Å². The number of hydrogen-bond acceptors (Lipinski definition) is 5. The quantitative estimate of drug-likeness (QED) is 0.867. The minimum Gasteiger partial charge on any atom is -0.463 e. The Morgan fingerprint density at radius 2 is 2.09 bits per heavy atom.